The van der Waals surface area contributed by atoms with E-state index in [2.05, 4.69) is 9.97 Å². The topological polar surface area (TPSA) is 64.5 Å². The van der Waals surface area contributed by atoms with E-state index in [9.17, 15) is 4.79 Å². The Morgan fingerprint density at radius 3 is 2.72 bits per heavy atom. The summed E-state index contributed by atoms with van der Waals surface area (Å²) in [6.07, 6.45) is 3.75. The van der Waals surface area contributed by atoms with Crippen LogP contribution in [0.1, 0.15) is 20.3 Å². The monoisotopic (exact) mass is 361 g/mol. The molecule has 1 amide bonds. The normalized spacial score (nSPS) is 17.4. The Morgan fingerprint density at radius 1 is 1.28 bits per heavy atom. The third-order valence-electron chi connectivity index (χ3n) is 3.98. The smallest absolute Gasteiger partial charge is 0.266 e. The molecule has 2 aromatic rings. The number of hydrogen-bond acceptors (Lipinski definition) is 5. The van der Waals surface area contributed by atoms with Gasteiger partial charge in [-0.25, -0.2) is 9.97 Å². The number of carbonyl (C=O) groups excluding carboxylic acids is 1. The average molecular weight is 362 g/mol. The van der Waals surface area contributed by atoms with Crippen LogP contribution >= 0.6 is 11.6 Å². The SMILES string of the molecule is CC(C)(Oc1ccc(Cl)cc1)C(=O)N1CCC(Oc2ccncn2)C1. The van der Waals surface area contributed by atoms with Crippen LogP contribution in [0.25, 0.3) is 0 Å². The lowest BCUT2D eigenvalue weighted by molar-refractivity contribution is -0.144. The number of carbonyl (C=O) groups is 1. The molecule has 1 atom stereocenters. The maximum Gasteiger partial charge on any atom is 0.266 e. The van der Waals surface area contributed by atoms with E-state index in [1.165, 1.54) is 6.33 Å². The van der Waals surface area contributed by atoms with Crippen molar-refractivity contribution < 1.29 is 14.3 Å². The molecule has 0 saturated carbocycles. The molecule has 1 aromatic heterocycles. The molecule has 6 nitrogen and oxygen atoms in total. The van der Waals surface area contributed by atoms with Gasteiger partial charge in [0.2, 0.25) is 5.88 Å². The minimum Gasteiger partial charge on any atom is -0.478 e. The van der Waals surface area contributed by atoms with Crippen molar-refractivity contribution in [2.24, 2.45) is 0 Å². The number of ether oxygens (including phenoxy) is 2. The predicted octanol–water partition coefficient (Wildman–Crippen LogP) is 2.97. The van der Waals surface area contributed by atoms with Crippen LogP contribution in [0.5, 0.6) is 11.6 Å². The maximum atomic E-state index is 12.8. The molecule has 1 aliphatic rings. The fourth-order valence-electron chi connectivity index (χ4n) is 2.75. The number of rotatable bonds is 5. The summed E-state index contributed by atoms with van der Waals surface area (Å²) in [7, 11) is 0. The van der Waals surface area contributed by atoms with Crippen LogP contribution in [0.15, 0.2) is 42.9 Å². The molecule has 0 spiro atoms. The molecule has 1 aliphatic heterocycles. The van der Waals surface area contributed by atoms with E-state index >= 15 is 0 Å². The van der Waals surface area contributed by atoms with Gasteiger partial charge in [-0.15, -0.1) is 0 Å². The fraction of sp³-hybridized carbons (Fsp3) is 0.389. The summed E-state index contributed by atoms with van der Waals surface area (Å²) in [5.74, 6) is 1.05. The molecule has 2 heterocycles. The van der Waals surface area contributed by atoms with Gasteiger partial charge in [-0.05, 0) is 38.1 Å². The average Bonchev–Trinajstić information content (AvgIpc) is 3.05. The molecular weight excluding hydrogens is 342 g/mol. The van der Waals surface area contributed by atoms with Crippen LogP contribution in [0.3, 0.4) is 0 Å². The number of hydrogen-bond donors (Lipinski definition) is 0. The Kier molecular flexibility index (Phi) is 5.08. The van der Waals surface area contributed by atoms with E-state index in [4.69, 9.17) is 21.1 Å². The zero-order valence-electron chi connectivity index (χ0n) is 14.2. The van der Waals surface area contributed by atoms with Crippen LogP contribution < -0.4 is 9.47 Å². The number of halogens is 1. The predicted molar refractivity (Wildman–Crippen MR) is 93.8 cm³/mol. The number of nitrogens with zero attached hydrogens (tertiary/aromatic N) is 3. The molecule has 0 radical (unpaired) electrons. The zero-order chi connectivity index (χ0) is 17.9. The second-order valence-corrected chi connectivity index (χ2v) is 6.83. The van der Waals surface area contributed by atoms with Gasteiger partial charge in [0.1, 0.15) is 18.2 Å². The first-order chi connectivity index (χ1) is 11.9. The van der Waals surface area contributed by atoms with Gasteiger partial charge in [-0.2, -0.15) is 0 Å². The minimum atomic E-state index is -0.975. The first-order valence-corrected chi connectivity index (χ1v) is 8.48. The van der Waals surface area contributed by atoms with Gasteiger partial charge in [0, 0.05) is 30.3 Å². The number of likely N-dealkylation sites (tertiary alicyclic amines) is 1. The van der Waals surface area contributed by atoms with Gasteiger partial charge in [0.05, 0.1) is 6.54 Å². The summed E-state index contributed by atoms with van der Waals surface area (Å²) in [4.78, 5) is 22.5. The summed E-state index contributed by atoms with van der Waals surface area (Å²) in [5, 5.41) is 0.626. The lowest BCUT2D eigenvalue weighted by Gasteiger charge is -2.30. The first kappa shape index (κ1) is 17.5. The van der Waals surface area contributed by atoms with Crippen molar-refractivity contribution in [3.63, 3.8) is 0 Å². The van der Waals surface area contributed by atoms with E-state index in [0.717, 1.165) is 6.42 Å². The second-order valence-electron chi connectivity index (χ2n) is 6.39. The minimum absolute atomic E-state index is 0.0729. The van der Waals surface area contributed by atoms with Crippen molar-refractivity contribution in [3.05, 3.63) is 47.9 Å². The number of aromatic nitrogens is 2. The quantitative estimate of drug-likeness (QED) is 0.819. The van der Waals surface area contributed by atoms with Crippen LogP contribution in [0.2, 0.25) is 5.02 Å². The van der Waals surface area contributed by atoms with Crippen LogP contribution in [-0.4, -0.2) is 45.6 Å². The molecule has 3 rings (SSSR count). The lowest BCUT2D eigenvalue weighted by Crippen LogP contribution is -2.48. The second kappa shape index (κ2) is 7.27. The van der Waals surface area contributed by atoms with Crippen molar-refractivity contribution >= 4 is 17.5 Å². The molecule has 0 aliphatic carbocycles. The molecular formula is C18H20ClN3O3. The van der Waals surface area contributed by atoms with Crippen LogP contribution in [0, 0.1) is 0 Å². The van der Waals surface area contributed by atoms with Crippen LogP contribution in [0.4, 0.5) is 0 Å². The van der Waals surface area contributed by atoms with Crippen LogP contribution in [-0.2, 0) is 4.79 Å². The highest BCUT2D eigenvalue weighted by molar-refractivity contribution is 6.30. The zero-order valence-corrected chi connectivity index (χ0v) is 14.9. The Labute approximate surface area is 151 Å². The summed E-state index contributed by atoms with van der Waals surface area (Å²) >= 11 is 5.88. The van der Waals surface area contributed by atoms with E-state index in [1.807, 2.05) is 0 Å². The van der Waals surface area contributed by atoms with Crippen molar-refractivity contribution in [1.82, 2.24) is 14.9 Å². The fourth-order valence-corrected chi connectivity index (χ4v) is 2.88. The lowest BCUT2D eigenvalue weighted by atomic mass is 10.1. The Morgan fingerprint density at radius 2 is 2.04 bits per heavy atom. The van der Waals surface area contributed by atoms with Gasteiger partial charge >= 0.3 is 0 Å². The highest BCUT2D eigenvalue weighted by Gasteiger charge is 2.38. The van der Waals surface area contributed by atoms with E-state index < -0.39 is 5.60 Å². The first-order valence-electron chi connectivity index (χ1n) is 8.11. The summed E-state index contributed by atoms with van der Waals surface area (Å²) in [5.41, 5.74) is -0.975. The molecule has 1 aromatic carbocycles. The summed E-state index contributed by atoms with van der Waals surface area (Å²) < 4.78 is 11.7. The third kappa shape index (κ3) is 4.39. The number of benzene rings is 1. The Balaban J connectivity index is 1.59. The Hall–Kier alpha value is -2.34. The molecule has 7 heteroatoms. The van der Waals surface area contributed by atoms with Gasteiger partial charge in [0.15, 0.2) is 5.60 Å². The van der Waals surface area contributed by atoms with Crippen molar-refractivity contribution in [2.45, 2.75) is 32.0 Å². The van der Waals surface area contributed by atoms with Gasteiger partial charge in [-0.3, -0.25) is 4.79 Å². The van der Waals surface area contributed by atoms with Crippen molar-refractivity contribution in [1.29, 1.82) is 0 Å². The van der Waals surface area contributed by atoms with Gasteiger partial charge in [-0.1, -0.05) is 11.6 Å². The molecule has 0 bridgehead atoms. The standard InChI is InChI=1S/C18H20ClN3O3/c1-18(2,25-14-5-3-13(19)4-6-14)17(23)22-10-8-15(11-22)24-16-7-9-20-12-21-16/h3-7,9,12,15H,8,10-11H2,1-2H3. The van der Waals surface area contributed by atoms with Crippen molar-refractivity contribution in [3.8, 4) is 11.6 Å². The molecule has 1 fully saturated rings. The molecule has 25 heavy (non-hydrogen) atoms. The summed E-state index contributed by atoms with van der Waals surface area (Å²) in [6, 6.07) is 8.68. The van der Waals surface area contributed by atoms with Gasteiger partial charge < -0.3 is 14.4 Å². The largest absolute Gasteiger partial charge is 0.478 e. The highest BCUT2D eigenvalue weighted by Crippen LogP contribution is 2.24. The molecule has 132 valence electrons. The maximum absolute atomic E-state index is 12.8. The number of amides is 1. The van der Waals surface area contributed by atoms with E-state index in [1.54, 1.807) is 55.3 Å². The third-order valence-corrected chi connectivity index (χ3v) is 4.23. The molecule has 0 N–H and O–H groups in total. The molecule has 1 saturated heterocycles. The highest BCUT2D eigenvalue weighted by atomic mass is 35.5. The van der Waals surface area contributed by atoms with Gasteiger partial charge in [0.25, 0.3) is 5.91 Å². The van der Waals surface area contributed by atoms with Crippen molar-refractivity contribution in [2.75, 3.05) is 13.1 Å². The Bertz CT molecular complexity index is 722. The van der Waals surface area contributed by atoms with E-state index in [0.29, 0.717) is 29.7 Å². The van der Waals surface area contributed by atoms with E-state index in [-0.39, 0.29) is 12.0 Å². The summed E-state index contributed by atoms with van der Waals surface area (Å²) in [6.45, 7) is 4.67. The molecule has 1 unspecified atom stereocenters.